The first-order valence-electron chi connectivity index (χ1n) is 4.98. The minimum absolute atomic E-state index is 0.0339. The fourth-order valence-electron chi connectivity index (χ4n) is 1.91. The summed E-state index contributed by atoms with van der Waals surface area (Å²) in [6.07, 6.45) is 1.17. The molecule has 1 aliphatic rings. The molecule has 4 heteroatoms. The van der Waals surface area contributed by atoms with Crippen LogP contribution in [-0.2, 0) is 11.2 Å². The molecule has 2 N–H and O–H groups in total. The molecule has 1 amide bonds. The van der Waals surface area contributed by atoms with Gasteiger partial charge in [-0.25, -0.2) is 0 Å². The van der Waals surface area contributed by atoms with Crippen LogP contribution in [0.1, 0.15) is 12.0 Å². The lowest BCUT2D eigenvalue weighted by Gasteiger charge is -2.28. The molecule has 1 aromatic carbocycles. The predicted molar refractivity (Wildman–Crippen MR) is 57.0 cm³/mol. The normalized spacial score (nSPS) is 15.3. The molecule has 0 fully saturated rings. The van der Waals surface area contributed by atoms with E-state index >= 15 is 0 Å². The molecule has 1 heterocycles. The monoisotopic (exact) mass is 205 g/mol. The van der Waals surface area contributed by atoms with E-state index in [9.17, 15) is 4.79 Å². The minimum Gasteiger partial charge on any atom is -0.395 e. The maximum atomic E-state index is 11.6. The van der Waals surface area contributed by atoms with Crippen LogP contribution < -0.4 is 10.6 Å². The molecule has 1 aromatic rings. The lowest BCUT2D eigenvalue weighted by atomic mass is 10.0. The van der Waals surface area contributed by atoms with Gasteiger partial charge < -0.3 is 15.7 Å². The standard InChI is InChI=1S/C11H13N2O2/c12-9-2-3-10-8(7-9)1-4-11(15)13(10)5-6-14/h2-3,7,12,14H,1,4-6H2. The second-order valence-corrected chi connectivity index (χ2v) is 3.61. The summed E-state index contributed by atoms with van der Waals surface area (Å²) in [6.45, 7) is 0.303. The van der Waals surface area contributed by atoms with Crippen LogP contribution in [0, 0.1) is 0 Å². The van der Waals surface area contributed by atoms with Crippen LogP contribution in [0.3, 0.4) is 0 Å². The lowest BCUT2D eigenvalue weighted by Crippen LogP contribution is -2.37. The maximum Gasteiger partial charge on any atom is 0.227 e. The highest BCUT2D eigenvalue weighted by Crippen LogP contribution is 2.29. The summed E-state index contributed by atoms with van der Waals surface area (Å²) in [5.41, 5.74) is 9.83. The van der Waals surface area contributed by atoms with Crippen molar-refractivity contribution in [3.05, 3.63) is 23.8 Å². The number of hydrogen-bond acceptors (Lipinski definition) is 2. The van der Waals surface area contributed by atoms with Crippen LogP contribution in [-0.4, -0.2) is 24.2 Å². The van der Waals surface area contributed by atoms with Crippen LogP contribution in [0.2, 0.25) is 0 Å². The molecule has 0 saturated carbocycles. The van der Waals surface area contributed by atoms with E-state index in [-0.39, 0.29) is 12.5 Å². The van der Waals surface area contributed by atoms with Crippen molar-refractivity contribution in [2.45, 2.75) is 12.8 Å². The Hall–Kier alpha value is -1.55. The Labute approximate surface area is 88.3 Å². The zero-order chi connectivity index (χ0) is 10.8. The fourth-order valence-corrected chi connectivity index (χ4v) is 1.91. The molecule has 0 aliphatic carbocycles. The third-order valence-electron chi connectivity index (χ3n) is 2.60. The third kappa shape index (κ3) is 1.80. The summed E-state index contributed by atoms with van der Waals surface area (Å²) < 4.78 is 0. The van der Waals surface area contributed by atoms with Gasteiger partial charge in [-0.3, -0.25) is 4.79 Å². The Morgan fingerprint density at radius 1 is 1.40 bits per heavy atom. The van der Waals surface area contributed by atoms with Crippen molar-refractivity contribution in [2.24, 2.45) is 0 Å². The van der Waals surface area contributed by atoms with Gasteiger partial charge in [-0.05, 0) is 30.2 Å². The highest BCUT2D eigenvalue weighted by Gasteiger charge is 2.23. The second-order valence-electron chi connectivity index (χ2n) is 3.61. The van der Waals surface area contributed by atoms with E-state index in [4.69, 9.17) is 10.8 Å². The molecule has 0 saturated heterocycles. The van der Waals surface area contributed by atoms with Gasteiger partial charge in [0.15, 0.2) is 0 Å². The molecule has 0 unspecified atom stereocenters. The number of β-amino-alcohol motifs (C(OH)–C–C–N with tert-alkyl or cyclic N) is 1. The molecule has 1 aliphatic heterocycles. The molecule has 0 bridgehead atoms. The smallest absolute Gasteiger partial charge is 0.227 e. The number of carbonyl (C=O) groups excluding carboxylic acids is 1. The average Bonchev–Trinajstić information content (AvgIpc) is 2.22. The Morgan fingerprint density at radius 2 is 2.20 bits per heavy atom. The number of nitrogens with one attached hydrogen (secondary N) is 1. The molecule has 79 valence electrons. The fraction of sp³-hybridized carbons (Fsp3) is 0.364. The number of aliphatic hydroxyl groups is 1. The van der Waals surface area contributed by atoms with Gasteiger partial charge in [0.25, 0.3) is 0 Å². The second kappa shape index (κ2) is 3.90. The minimum atomic E-state index is -0.0339. The maximum absolute atomic E-state index is 11.6. The number of fused-ring (bicyclic) bond motifs is 1. The number of nitrogens with zero attached hydrogens (tertiary/aromatic N) is 1. The van der Waals surface area contributed by atoms with Crippen molar-refractivity contribution in [1.82, 2.24) is 5.73 Å². The number of carbonyl (C=O) groups is 1. The molecular formula is C11H13N2O2. The number of aryl methyl sites for hydroxylation is 1. The summed E-state index contributed by atoms with van der Waals surface area (Å²) in [4.78, 5) is 13.2. The van der Waals surface area contributed by atoms with Gasteiger partial charge in [-0.1, -0.05) is 0 Å². The number of anilines is 1. The highest BCUT2D eigenvalue weighted by molar-refractivity contribution is 5.96. The summed E-state index contributed by atoms with van der Waals surface area (Å²) in [6, 6.07) is 5.23. The van der Waals surface area contributed by atoms with Crippen molar-refractivity contribution in [3.63, 3.8) is 0 Å². The van der Waals surface area contributed by atoms with Gasteiger partial charge in [0.05, 0.1) is 12.3 Å². The van der Waals surface area contributed by atoms with Gasteiger partial charge >= 0.3 is 0 Å². The van der Waals surface area contributed by atoms with Crippen LogP contribution in [0.25, 0.3) is 0 Å². The van der Waals surface area contributed by atoms with Crippen molar-refractivity contribution >= 4 is 17.3 Å². The van der Waals surface area contributed by atoms with E-state index in [2.05, 4.69) is 0 Å². The molecule has 0 spiro atoms. The van der Waals surface area contributed by atoms with E-state index < -0.39 is 0 Å². The highest BCUT2D eigenvalue weighted by atomic mass is 16.3. The summed E-state index contributed by atoms with van der Waals surface area (Å²) >= 11 is 0. The first kappa shape index (κ1) is 9.98. The zero-order valence-electron chi connectivity index (χ0n) is 8.36. The Bertz CT molecular complexity index is 390. The summed E-state index contributed by atoms with van der Waals surface area (Å²) in [7, 11) is 0. The summed E-state index contributed by atoms with van der Waals surface area (Å²) in [5.74, 6) is 0.0503. The molecule has 15 heavy (non-hydrogen) atoms. The van der Waals surface area contributed by atoms with E-state index in [1.165, 1.54) is 0 Å². The van der Waals surface area contributed by atoms with Crippen molar-refractivity contribution in [2.75, 3.05) is 18.1 Å². The van der Waals surface area contributed by atoms with E-state index in [1.807, 2.05) is 0 Å². The zero-order valence-corrected chi connectivity index (χ0v) is 8.36. The van der Waals surface area contributed by atoms with Gasteiger partial charge in [0.1, 0.15) is 0 Å². The largest absolute Gasteiger partial charge is 0.395 e. The average molecular weight is 205 g/mol. The first-order chi connectivity index (χ1) is 7.22. The van der Waals surface area contributed by atoms with Gasteiger partial charge in [0, 0.05) is 18.7 Å². The number of amides is 1. The number of benzene rings is 1. The summed E-state index contributed by atoms with van der Waals surface area (Å²) in [5, 5.41) is 8.89. The molecule has 0 atom stereocenters. The van der Waals surface area contributed by atoms with Crippen LogP contribution in [0.5, 0.6) is 0 Å². The predicted octanol–water partition coefficient (Wildman–Crippen LogP) is 0.872. The molecule has 4 nitrogen and oxygen atoms in total. The van der Waals surface area contributed by atoms with E-state index in [1.54, 1.807) is 23.1 Å². The number of hydrogen-bond donors (Lipinski definition) is 1. The van der Waals surface area contributed by atoms with Crippen LogP contribution >= 0.6 is 0 Å². The Balaban J connectivity index is 2.39. The van der Waals surface area contributed by atoms with Crippen molar-refractivity contribution in [1.29, 1.82) is 0 Å². The van der Waals surface area contributed by atoms with Crippen molar-refractivity contribution < 1.29 is 9.90 Å². The first-order valence-corrected chi connectivity index (χ1v) is 4.98. The van der Waals surface area contributed by atoms with Crippen LogP contribution in [0.15, 0.2) is 18.2 Å². The van der Waals surface area contributed by atoms with Gasteiger partial charge in [-0.2, -0.15) is 0 Å². The van der Waals surface area contributed by atoms with Gasteiger partial charge in [-0.15, -0.1) is 0 Å². The van der Waals surface area contributed by atoms with Crippen LogP contribution in [0.4, 0.5) is 11.4 Å². The molecule has 0 aromatic heterocycles. The van der Waals surface area contributed by atoms with Gasteiger partial charge in [0.2, 0.25) is 5.91 Å². The number of aliphatic hydroxyl groups excluding tert-OH is 1. The Kier molecular flexibility index (Phi) is 2.60. The molecular weight excluding hydrogens is 192 g/mol. The molecule has 2 rings (SSSR count). The van der Waals surface area contributed by atoms with E-state index in [0.717, 1.165) is 11.3 Å². The number of rotatable bonds is 2. The molecule has 1 radical (unpaired) electrons. The van der Waals surface area contributed by atoms with Crippen molar-refractivity contribution in [3.8, 4) is 0 Å². The topological polar surface area (TPSA) is 64.3 Å². The Morgan fingerprint density at radius 3 is 2.93 bits per heavy atom. The van der Waals surface area contributed by atoms with E-state index in [0.29, 0.717) is 25.1 Å². The quantitative estimate of drug-likeness (QED) is 0.778. The lowest BCUT2D eigenvalue weighted by molar-refractivity contribution is -0.119. The third-order valence-corrected chi connectivity index (χ3v) is 2.60. The SMILES string of the molecule is [NH]c1ccc2c(c1)CCC(=O)N2CCO.